The third-order valence-electron chi connectivity index (χ3n) is 4.12. The van der Waals surface area contributed by atoms with Crippen LogP contribution in [0.15, 0.2) is 36.4 Å². The summed E-state index contributed by atoms with van der Waals surface area (Å²) in [6, 6.07) is 10.8. The van der Waals surface area contributed by atoms with Crippen molar-refractivity contribution in [2.75, 3.05) is 6.61 Å². The Labute approximate surface area is 124 Å². The van der Waals surface area contributed by atoms with Crippen LogP contribution in [0.1, 0.15) is 37.9 Å². The average molecular weight is 285 g/mol. The molecule has 1 unspecified atom stereocenters. The van der Waals surface area contributed by atoms with E-state index in [1.807, 2.05) is 31.2 Å². The number of fused-ring (bicyclic) bond motifs is 1. The van der Waals surface area contributed by atoms with Crippen molar-refractivity contribution in [3.63, 3.8) is 0 Å². The minimum Gasteiger partial charge on any atom is -0.492 e. The lowest BCUT2D eigenvalue weighted by Crippen LogP contribution is -2.18. The topological polar surface area (TPSA) is 35.2 Å². The van der Waals surface area contributed by atoms with Gasteiger partial charge in [-0.1, -0.05) is 26.0 Å². The maximum absolute atomic E-state index is 14.2. The summed E-state index contributed by atoms with van der Waals surface area (Å²) in [5.74, 6) is 0.670. The van der Waals surface area contributed by atoms with E-state index in [4.69, 9.17) is 10.5 Å². The van der Waals surface area contributed by atoms with Gasteiger partial charge in [-0.25, -0.2) is 4.39 Å². The van der Waals surface area contributed by atoms with Gasteiger partial charge in [-0.3, -0.25) is 0 Å². The molecule has 1 heterocycles. The molecule has 0 fully saturated rings. The Morgan fingerprint density at radius 2 is 1.95 bits per heavy atom. The molecule has 3 heteroatoms. The molecule has 0 aliphatic carbocycles. The summed E-state index contributed by atoms with van der Waals surface area (Å²) in [4.78, 5) is 0. The standard InChI is InChI=1S/C18H20FNO/c1-11(20)12-4-6-16(19)14(8-12)13-5-7-17-15(9-13)18(2,3)10-21-17/h4-9,11H,10,20H2,1-3H3. The predicted molar refractivity (Wildman–Crippen MR) is 83.0 cm³/mol. The maximum atomic E-state index is 14.2. The third-order valence-corrected chi connectivity index (χ3v) is 4.12. The van der Waals surface area contributed by atoms with E-state index in [1.165, 1.54) is 6.07 Å². The van der Waals surface area contributed by atoms with Crippen LogP contribution < -0.4 is 10.5 Å². The molecule has 0 bridgehead atoms. The lowest BCUT2D eigenvalue weighted by atomic mass is 9.85. The number of hydrogen-bond acceptors (Lipinski definition) is 2. The van der Waals surface area contributed by atoms with Crippen LogP contribution in [0.25, 0.3) is 11.1 Å². The molecule has 0 aromatic heterocycles. The monoisotopic (exact) mass is 285 g/mol. The first-order valence-electron chi connectivity index (χ1n) is 7.21. The fourth-order valence-electron chi connectivity index (χ4n) is 2.74. The van der Waals surface area contributed by atoms with E-state index in [0.717, 1.165) is 22.4 Å². The van der Waals surface area contributed by atoms with Gasteiger partial charge in [-0.05, 0) is 42.3 Å². The Bertz CT molecular complexity index is 692. The van der Waals surface area contributed by atoms with Crippen LogP contribution >= 0.6 is 0 Å². The fraction of sp³-hybridized carbons (Fsp3) is 0.333. The van der Waals surface area contributed by atoms with Crippen molar-refractivity contribution < 1.29 is 9.13 Å². The van der Waals surface area contributed by atoms with Crippen LogP contribution in [0.3, 0.4) is 0 Å². The van der Waals surface area contributed by atoms with Crippen LogP contribution in [0, 0.1) is 5.82 Å². The smallest absolute Gasteiger partial charge is 0.131 e. The molecule has 1 aliphatic rings. The molecule has 3 rings (SSSR count). The van der Waals surface area contributed by atoms with Crippen molar-refractivity contribution in [3.05, 3.63) is 53.3 Å². The zero-order chi connectivity index (χ0) is 15.2. The van der Waals surface area contributed by atoms with Crippen LogP contribution in [0.2, 0.25) is 0 Å². The molecule has 0 spiro atoms. The molecule has 0 radical (unpaired) electrons. The van der Waals surface area contributed by atoms with E-state index in [-0.39, 0.29) is 17.3 Å². The van der Waals surface area contributed by atoms with Crippen molar-refractivity contribution in [2.45, 2.75) is 32.2 Å². The molecule has 2 N–H and O–H groups in total. The molecular weight excluding hydrogens is 265 g/mol. The Morgan fingerprint density at radius 1 is 1.19 bits per heavy atom. The second kappa shape index (κ2) is 4.85. The fourth-order valence-corrected chi connectivity index (χ4v) is 2.74. The summed E-state index contributed by atoms with van der Waals surface area (Å²) >= 11 is 0. The molecule has 21 heavy (non-hydrogen) atoms. The van der Waals surface area contributed by atoms with Gasteiger partial charge in [-0.2, -0.15) is 0 Å². The SMILES string of the molecule is CC(N)c1ccc(F)c(-c2ccc3c(c2)C(C)(C)CO3)c1. The summed E-state index contributed by atoms with van der Waals surface area (Å²) in [5.41, 5.74) is 9.38. The van der Waals surface area contributed by atoms with E-state index in [0.29, 0.717) is 12.2 Å². The van der Waals surface area contributed by atoms with Crippen LogP contribution in [0.5, 0.6) is 5.75 Å². The Kier molecular flexibility index (Phi) is 3.25. The summed E-state index contributed by atoms with van der Waals surface area (Å²) in [6.07, 6.45) is 0. The molecule has 1 atom stereocenters. The number of benzene rings is 2. The Morgan fingerprint density at radius 3 is 2.67 bits per heavy atom. The normalized spacial score (nSPS) is 17.2. The van der Waals surface area contributed by atoms with Crippen molar-refractivity contribution in [1.29, 1.82) is 0 Å². The van der Waals surface area contributed by atoms with Gasteiger partial charge in [-0.15, -0.1) is 0 Å². The molecular formula is C18H20FNO. The minimum atomic E-state index is -0.226. The predicted octanol–water partition coefficient (Wildman–Crippen LogP) is 4.18. The van der Waals surface area contributed by atoms with Gasteiger partial charge in [0.2, 0.25) is 0 Å². The quantitative estimate of drug-likeness (QED) is 0.898. The van der Waals surface area contributed by atoms with Crippen molar-refractivity contribution >= 4 is 0 Å². The van der Waals surface area contributed by atoms with Gasteiger partial charge in [0, 0.05) is 22.6 Å². The van der Waals surface area contributed by atoms with Gasteiger partial charge in [0.25, 0.3) is 0 Å². The highest BCUT2D eigenvalue weighted by Gasteiger charge is 2.32. The molecule has 2 aromatic carbocycles. The number of rotatable bonds is 2. The van der Waals surface area contributed by atoms with Gasteiger partial charge in [0.05, 0.1) is 6.61 Å². The molecule has 0 amide bonds. The first-order chi connectivity index (χ1) is 9.88. The highest BCUT2D eigenvalue weighted by Crippen LogP contribution is 2.41. The first kappa shape index (κ1) is 14.1. The number of hydrogen-bond donors (Lipinski definition) is 1. The van der Waals surface area contributed by atoms with Crippen molar-refractivity contribution in [3.8, 4) is 16.9 Å². The van der Waals surface area contributed by atoms with Gasteiger partial charge >= 0.3 is 0 Å². The van der Waals surface area contributed by atoms with E-state index >= 15 is 0 Å². The Balaban J connectivity index is 2.12. The zero-order valence-corrected chi connectivity index (χ0v) is 12.6. The van der Waals surface area contributed by atoms with Gasteiger partial charge in [0.15, 0.2) is 0 Å². The van der Waals surface area contributed by atoms with Crippen LogP contribution in [-0.4, -0.2) is 6.61 Å². The van der Waals surface area contributed by atoms with Crippen molar-refractivity contribution in [1.82, 2.24) is 0 Å². The molecule has 110 valence electrons. The molecule has 0 saturated heterocycles. The lowest BCUT2D eigenvalue weighted by molar-refractivity contribution is 0.291. The van der Waals surface area contributed by atoms with Gasteiger partial charge in [0.1, 0.15) is 11.6 Å². The summed E-state index contributed by atoms with van der Waals surface area (Å²) in [5, 5.41) is 0. The van der Waals surface area contributed by atoms with E-state index < -0.39 is 0 Å². The molecule has 2 aromatic rings. The zero-order valence-electron chi connectivity index (χ0n) is 12.6. The van der Waals surface area contributed by atoms with E-state index in [1.54, 1.807) is 6.07 Å². The molecule has 2 nitrogen and oxygen atoms in total. The number of nitrogens with two attached hydrogens (primary N) is 1. The number of ether oxygens (including phenoxy) is 1. The summed E-state index contributed by atoms with van der Waals surface area (Å²) in [6.45, 7) is 6.83. The second-order valence-corrected chi connectivity index (χ2v) is 6.41. The summed E-state index contributed by atoms with van der Waals surface area (Å²) in [7, 11) is 0. The first-order valence-corrected chi connectivity index (χ1v) is 7.21. The third kappa shape index (κ3) is 2.42. The van der Waals surface area contributed by atoms with E-state index in [2.05, 4.69) is 13.8 Å². The largest absolute Gasteiger partial charge is 0.492 e. The second-order valence-electron chi connectivity index (χ2n) is 6.41. The minimum absolute atomic E-state index is 0.0411. The highest BCUT2D eigenvalue weighted by atomic mass is 19.1. The molecule has 0 saturated carbocycles. The lowest BCUT2D eigenvalue weighted by Gasteiger charge is -2.16. The Hall–Kier alpha value is -1.87. The molecule has 1 aliphatic heterocycles. The average Bonchev–Trinajstić information content (AvgIpc) is 2.74. The summed E-state index contributed by atoms with van der Waals surface area (Å²) < 4.78 is 19.9. The van der Waals surface area contributed by atoms with Gasteiger partial charge < -0.3 is 10.5 Å². The van der Waals surface area contributed by atoms with Crippen LogP contribution in [0.4, 0.5) is 4.39 Å². The maximum Gasteiger partial charge on any atom is 0.131 e. The van der Waals surface area contributed by atoms with E-state index in [9.17, 15) is 4.39 Å². The van der Waals surface area contributed by atoms with Crippen molar-refractivity contribution in [2.24, 2.45) is 5.73 Å². The number of halogens is 1. The van der Waals surface area contributed by atoms with Crippen LogP contribution in [-0.2, 0) is 5.41 Å². The highest BCUT2D eigenvalue weighted by molar-refractivity contribution is 5.68.